The molecule has 1 atom stereocenters. The van der Waals surface area contributed by atoms with Crippen LogP contribution in [0, 0.1) is 18.7 Å². The van der Waals surface area contributed by atoms with E-state index in [2.05, 4.69) is 20.6 Å². The number of halogens is 2. The second kappa shape index (κ2) is 9.39. The number of nitrogens with zero attached hydrogens (tertiary/aromatic N) is 2. The Morgan fingerprint density at radius 3 is 2.89 bits per heavy atom. The molecule has 3 rings (SSSR count). The molecule has 0 radical (unpaired) electrons. The van der Waals surface area contributed by atoms with Gasteiger partial charge in [-0.25, -0.2) is 14.4 Å². The second-order valence-corrected chi connectivity index (χ2v) is 7.76. The van der Waals surface area contributed by atoms with Gasteiger partial charge in [-0.1, -0.05) is 23.7 Å². The fourth-order valence-electron chi connectivity index (χ4n) is 2.92. The van der Waals surface area contributed by atoms with Crippen molar-refractivity contribution in [1.29, 1.82) is 0 Å². The first-order chi connectivity index (χ1) is 13.5. The highest BCUT2D eigenvalue weighted by Crippen LogP contribution is 2.45. The van der Waals surface area contributed by atoms with Gasteiger partial charge in [0, 0.05) is 17.1 Å². The number of carbonyl (C=O) groups excluding carboxylic acids is 1. The maximum Gasteiger partial charge on any atom is 0.289 e. The topological polar surface area (TPSA) is 66.9 Å². The van der Waals surface area contributed by atoms with Gasteiger partial charge in [0.2, 0.25) is 5.82 Å². The monoisotopic (exact) mass is 420 g/mol. The zero-order valence-corrected chi connectivity index (χ0v) is 17.3. The minimum Gasteiger partial charge on any atom is -0.375 e. The predicted molar refractivity (Wildman–Crippen MR) is 112 cm³/mol. The van der Waals surface area contributed by atoms with Gasteiger partial charge in [0.25, 0.3) is 5.91 Å². The number of thioether (sulfide) groups is 1. The maximum absolute atomic E-state index is 14.4. The van der Waals surface area contributed by atoms with E-state index in [4.69, 9.17) is 11.6 Å². The van der Waals surface area contributed by atoms with Crippen LogP contribution in [0.15, 0.2) is 35.9 Å². The van der Waals surface area contributed by atoms with E-state index in [9.17, 15) is 9.18 Å². The summed E-state index contributed by atoms with van der Waals surface area (Å²) in [5, 5.41) is 8.37. The van der Waals surface area contributed by atoms with Gasteiger partial charge in [-0.3, -0.25) is 4.79 Å². The quantitative estimate of drug-likeness (QED) is 0.645. The smallest absolute Gasteiger partial charge is 0.289 e. The van der Waals surface area contributed by atoms with Crippen LogP contribution in [0.2, 0.25) is 5.02 Å². The Kier molecular flexibility index (Phi) is 6.91. The van der Waals surface area contributed by atoms with E-state index in [-0.39, 0.29) is 23.6 Å². The number of benzene rings is 1. The molecule has 0 saturated heterocycles. The van der Waals surface area contributed by atoms with E-state index in [0.717, 1.165) is 12.8 Å². The fourth-order valence-corrected chi connectivity index (χ4v) is 3.49. The average Bonchev–Trinajstić information content (AvgIpc) is 3.50. The molecule has 5 nitrogen and oxygen atoms in total. The summed E-state index contributed by atoms with van der Waals surface area (Å²) in [6, 6.07) is 4.45. The van der Waals surface area contributed by atoms with E-state index in [1.807, 2.05) is 17.7 Å². The molecule has 8 heteroatoms. The lowest BCUT2D eigenvalue weighted by Crippen LogP contribution is -2.26. The highest BCUT2D eigenvalue weighted by atomic mass is 35.5. The minimum atomic E-state index is -0.337. The Labute approximate surface area is 173 Å². The third kappa shape index (κ3) is 5.02. The molecule has 1 aliphatic carbocycles. The Bertz CT molecular complexity index is 868. The number of aromatic nitrogens is 2. The third-order valence-corrected chi connectivity index (χ3v) is 5.30. The summed E-state index contributed by atoms with van der Waals surface area (Å²) >= 11 is 7.83. The molecule has 1 aromatic heterocycles. The standard InChI is InChI=1S/C20H22ClFN4OS/c1-12-16(11-24-19(25-12)20(27)23-9-4-10-28-2)26-18(13-7-8-13)17-14(21)5-3-6-15(17)22/h3-6,10-11,13,18,26H,7-9H2,1-2H3,(H,23,27)/b10-4+. The minimum absolute atomic E-state index is 0.104. The number of amides is 1. The number of carbonyl (C=O) groups is 1. The van der Waals surface area contributed by atoms with E-state index in [1.54, 1.807) is 37.0 Å². The average molecular weight is 421 g/mol. The highest BCUT2D eigenvalue weighted by Gasteiger charge is 2.35. The van der Waals surface area contributed by atoms with Crippen LogP contribution in [0.1, 0.15) is 40.8 Å². The zero-order valence-electron chi connectivity index (χ0n) is 15.7. The van der Waals surface area contributed by atoms with Crippen molar-refractivity contribution in [3.8, 4) is 0 Å². The molecule has 1 aromatic carbocycles. The summed E-state index contributed by atoms with van der Waals surface area (Å²) in [5.41, 5.74) is 1.75. The molecular weight excluding hydrogens is 399 g/mol. The normalized spacial score (nSPS) is 14.9. The number of nitrogens with one attached hydrogen (secondary N) is 2. The Hall–Kier alpha value is -2.12. The summed E-state index contributed by atoms with van der Waals surface area (Å²) in [5.74, 6) is -0.256. The van der Waals surface area contributed by atoms with Gasteiger partial charge in [0.15, 0.2) is 0 Å². The molecule has 1 fully saturated rings. The van der Waals surface area contributed by atoms with Gasteiger partial charge in [-0.2, -0.15) is 0 Å². The molecule has 2 aromatic rings. The first-order valence-corrected chi connectivity index (χ1v) is 10.7. The first-order valence-electron chi connectivity index (χ1n) is 9.01. The summed E-state index contributed by atoms with van der Waals surface area (Å²) < 4.78 is 14.4. The number of hydrogen-bond donors (Lipinski definition) is 2. The highest BCUT2D eigenvalue weighted by molar-refractivity contribution is 8.01. The maximum atomic E-state index is 14.4. The van der Waals surface area contributed by atoms with E-state index >= 15 is 0 Å². The van der Waals surface area contributed by atoms with Crippen LogP contribution in [0.5, 0.6) is 0 Å². The van der Waals surface area contributed by atoms with Crippen molar-refractivity contribution < 1.29 is 9.18 Å². The Balaban J connectivity index is 1.76. The van der Waals surface area contributed by atoms with Gasteiger partial charge in [-0.15, -0.1) is 11.8 Å². The van der Waals surface area contributed by atoms with Crippen LogP contribution in [0.4, 0.5) is 10.1 Å². The Morgan fingerprint density at radius 2 is 2.25 bits per heavy atom. The SMILES string of the molecule is CS/C=C/CNC(=O)c1ncc(NC(c2c(F)cccc2Cl)C2CC2)c(C)n1. The van der Waals surface area contributed by atoms with Crippen LogP contribution < -0.4 is 10.6 Å². The summed E-state index contributed by atoms with van der Waals surface area (Å²) in [6.45, 7) is 2.21. The number of anilines is 1. The van der Waals surface area contributed by atoms with Crippen LogP contribution in [0.25, 0.3) is 0 Å². The molecule has 0 spiro atoms. The molecule has 1 saturated carbocycles. The van der Waals surface area contributed by atoms with E-state index in [0.29, 0.717) is 34.4 Å². The van der Waals surface area contributed by atoms with Gasteiger partial charge in [0.1, 0.15) is 5.82 Å². The van der Waals surface area contributed by atoms with Crippen LogP contribution in [-0.2, 0) is 0 Å². The second-order valence-electron chi connectivity index (χ2n) is 6.60. The molecular formula is C20H22ClFN4OS. The summed E-state index contributed by atoms with van der Waals surface area (Å²) in [6.07, 6.45) is 7.38. The van der Waals surface area contributed by atoms with Crippen LogP contribution in [0.3, 0.4) is 0 Å². The van der Waals surface area contributed by atoms with Crippen molar-refractivity contribution in [3.05, 3.63) is 63.8 Å². The summed E-state index contributed by atoms with van der Waals surface area (Å²) in [7, 11) is 0. The lowest BCUT2D eigenvalue weighted by molar-refractivity contribution is 0.0947. The molecule has 148 valence electrons. The molecule has 1 heterocycles. The molecule has 1 aliphatic rings. The van der Waals surface area contributed by atoms with Crippen molar-refractivity contribution in [1.82, 2.24) is 15.3 Å². The zero-order chi connectivity index (χ0) is 20.1. The van der Waals surface area contributed by atoms with E-state index < -0.39 is 0 Å². The molecule has 0 aliphatic heterocycles. The van der Waals surface area contributed by atoms with Crippen molar-refractivity contribution >= 4 is 35.0 Å². The van der Waals surface area contributed by atoms with Crippen LogP contribution in [-0.4, -0.2) is 28.7 Å². The molecule has 28 heavy (non-hydrogen) atoms. The fraction of sp³-hybridized carbons (Fsp3) is 0.350. The molecule has 1 unspecified atom stereocenters. The molecule has 1 amide bonds. The number of rotatable bonds is 8. The Morgan fingerprint density at radius 1 is 1.46 bits per heavy atom. The van der Waals surface area contributed by atoms with Gasteiger partial charge >= 0.3 is 0 Å². The lowest BCUT2D eigenvalue weighted by Gasteiger charge is -2.22. The lowest BCUT2D eigenvalue weighted by atomic mass is 10.0. The van der Waals surface area contributed by atoms with E-state index in [1.165, 1.54) is 6.07 Å². The van der Waals surface area contributed by atoms with Gasteiger partial charge < -0.3 is 10.6 Å². The largest absolute Gasteiger partial charge is 0.375 e. The van der Waals surface area contributed by atoms with Crippen molar-refractivity contribution in [2.75, 3.05) is 18.1 Å². The summed E-state index contributed by atoms with van der Waals surface area (Å²) in [4.78, 5) is 20.6. The first kappa shape index (κ1) is 20.6. The molecule has 0 bridgehead atoms. The number of hydrogen-bond acceptors (Lipinski definition) is 5. The van der Waals surface area contributed by atoms with Crippen LogP contribution >= 0.6 is 23.4 Å². The van der Waals surface area contributed by atoms with Gasteiger partial charge in [0.05, 0.1) is 23.6 Å². The van der Waals surface area contributed by atoms with Crippen molar-refractivity contribution in [3.63, 3.8) is 0 Å². The number of aryl methyl sites for hydroxylation is 1. The van der Waals surface area contributed by atoms with Gasteiger partial charge in [-0.05, 0) is 49.5 Å². The predicted octanol–water partition coefficient (Wildman–Crippen LogP) is 4.75. The van der Waals surface area contributed by atoms with Crippen molar-refractivity contribution in [2.45, 2.75) is 25.8 Å². The van der Waals surface area contributed by atoms with Crippen molar-refractivity contribution in [2.24, 2.45) is 5.92 Å². The third-order valence-electron chi connectivity index (χ3n) is 4.51. The molecule has 2 N–H and O–H groups in total.